The number of aryl methyl sites for hydroxylation is 1. The lowest BCUT2D eigenvalue weighted by Crippen LogP contribution is -2.49. The second kappa shape index (κ2) is 11.6. The van der Waals surface area contributed by atoms with Crippen LogP contribution in [0.15, 0.2) is 42.7 Å². The molecule has 226 valence electrons. The van der Waals surface area contributed by atoms with Gasteiger partial charge in [0.15, 0.2) is 5.82 Å². The Kier molecular flexibility index (Phi) is 7.87. The molecule has 43 heavy (non-hydrogen) atoms. The van der Waals surface area contributed by atoms with Gasteiger partial charge in [0.2, 0.25) is 5.95 Å². The number of pyridine rings is 1. The van der Waals surface area contributed by atoms with Gasteiger partial charge in [0.1, 0.15) is 17.3 Å². The number of fused-ring (bicyclic) bond motifs is 2. The summed E-state index contributed by atoms with van der Waals surface area (Å²) in [7, 11) is 0. The summed E-state index contributed by atoms with van der Waals surface area (Å²) >= 11 is 0. The van der Waals surface area contributed by atoms with Crippen LogP contribution in [0, 0.1) is 24.5 Å². The molecule has 0 spiro atoms. The van der Waals surface area contributed by atoms with Crippen molar-refractivity contribution in [3.05, 3.63) is 65.6 Å². The molecule has 3 unspecified atom stereocenters. The van der Waals surface area contributed by atoms with Gasteiger partial charge in [-0.05, 0) is 83.3 Å². The Morgan fingerprint density at radius 2 is 1.88 bits per heavy atom. The first-order valence-electron chi connectivity index (χ1n) is 14.9. The van der Waals surface area contributed by atoms with Crippen LogP contribution in [0.1, 0.15) is 55.7 Å². The average molecular weight is 590 g/mol. The van der Waals surface area contributed by atoms with E-state index in [1.807, 2.05) is 37.2 Å². The third-order valence-corrected chi connectivity index (χ3v) is 8.62. The van der Waals surface area contributed by atoms with Gasteiger partial charge in [0.05, 0.1) is 23.4 Å². The van der Waals surface area contributed by atoms with Gasteiger partial charge in [0, 0.05) is 54.6 Å². The third kappa shape index (κ3) is 5.71. The maximum Gasteiger partial charge on any atom is 0.255 e. The molecule has 2 aliphatic heterocycles. The molecule has 0 saturated carbocycles. The Hall–Kier alpha value is -3.96. The molecule has 1 amide bonds. The number of benzene rings is 1. The molecule has 9 nitrogen and oxygen atoms in total. The Morgan fingerprint density at radius 1 is 1.07 bits per heavy atom. The fraction of sp³-hybridized carbons (Fsp3) is 0.438. The fourth-order valence-electron chi connectivity index (χ4n) is 6.79. The molecular weight excluding hydrogens is 552 g/mol. The summed E-state index contributed by atoms with van der Waals surface area (Å²) < 4.78 is 32.0. The van der Waals surface area contributed by atoms with E-state index in [2.05, 4.69) is 25.2 Å². The molecule has 1 aromatic carbocycles. The summed E-state index contributed by atoms with van der Waals surface area (Å²) in [6.07, 6.45) is 4.11. The summed E-state index contributed by atoms with van der Waals surface area (Å²) in [6.45, 7) is 10.7. The molecule has 0 aliphatic carbocycles. The van der Waals surface area contributed by atoms with Crippen molar-refractivity contribution < 1.29 is 18.7 Å². The predicted octanol–water partition coefficient (Wildman–Crippen LogP) is 5.32. The van der Waals surface area contributed by atoms with Gasteiger partial charge >= 0.3 is 0 Å². The number of halogens is 2. The zero-order chi connectivity index (χ0) is 30.4. The number of aliphatic hydroxyl groups is 1. The molecule has 2 saturated heterocycles. The molecule has 0 radical (unpaired) electrons. The maximum atomic E-state index is 15.1. The highest BCUT2D eigenvalue weighted by Gasteiger charge is 2.39. The van der Waals surface area contributed by atoms with E-state index in [1.54, 1.807) is 24.3 Å². The van der Waals surface area contributed by atoms with E-state index >= 15 is 4.39 Å². The van der Waals surface area contributed by atoms with Crippen molar-refractivity contribution in [1.29, 1.82) is 0 Å². The summed E-state index contributed by atoms with van der Waals surface area (Å²) in [5.41, 5.74) is 2.35. The smallest absolute Gasteiger partial charge is 0.255 e. The van der Waals surface area contributed by atoms with Crippen molar-refractivity contribution in [3.63, 3.8) is 0 Å². The number of nitrogens with zero attached hydrogens (tertiary/aromatic N) is 6. The van der Waals surface area contributed by atoms with Gasteiger partial charge in [-0.3, -0.25) is 9.69 Å². The standard InChI is InChI=1S/C32H37F2N7O2/c1-18(2)41-19(3)11-24-25(33)12-23(13-28(24)41)30-26(34)15-36-32(38-30)37-29-6-5-21(14-35-29)31(43)40-10-8-27-22(17-40)7-9-39(27)16-20(4)42/h5-6,11-15,18,20,22,27,42H,7-10,16-17H2,1-4H3,(H,35,36,37,38). The normalized spacial score (nSPS) is 19.7. The van der Waals surface area contributed by atoms with E-state index in [0.29, 0.717) is 59.4 Å². The second-order valence-electron chi connectivity index (χ2n) is 12.1. The molecule has 3 aromatic heterocycles. The van der Waals surface area contributed by atoms with E-state index in [9.17, 15) is 14.3 Å². The average Bonchev–Trinajstić information content (AvgIpc) is 3.53. The first-order chi connectivity index (χ1) is 20.6. The van der Waals surface area contributed by atoms with Gasteiger partial charge in [-0.25, -0.2) is 23.7 Å². The van der Waals surface area contributed by atoms with E-state index < -0.39 is 11.6 Å². The van der Waals surface area contributed by atoms with Gasteiger partial charge in [-0.2, -0.15) is 0 Å². The molecule has 6 rings (SSSR count). The molecule has 3 atom stereocenters. The predicted molar refractivity (Wildman–Crippen MR) is 161 cm³/mol. The van der Waals surface area contributed by atoms with Crippen LogP contribution in [0.5, 0.6) is 0 Å². The topological polar surface area (TPSA) is 99.4 Å². The van der Waals surface area contributed by atoms with Crippen LogP contribution in [-0.2, 0) is 0 Å². The number of carbonyl (C=O) groups excluding carboxylic acids is 1. The molecule has 2 aliphatic rings. The maximum absolute atomic E-state index is 15.1. The highest BCUT2D eigenvalue weighted by atomic mass is 19.1. The lowest BCUT2D eigenvalue weighted by atomic mass is 9.92. The first-order valence-corrected chi connectivity index (χ1v) is 14.9. The van der Waals surface area contributed by atoms with Gasteiger partial charge in [-0.15, -0.1) is 0 Å². The van der Waals surface area contributed by atoms with Crippen LogP contribution in [-0.4, -0.2) is 78.7 Å². The SMILES string of the molecule is Cc1cc2c(F)cc(-c3nc(Nc4ccc(C(=O)N5CCC6C(CCN6CC(C)O)C5)cn4)ncc3F)cc2n1C(C)C. The lowest BCUT2D eigenvalue weighted by Gasteiger charge is -2.38. The molecular formula is C32H37F2N7O2. The summed E-state index contributed by atoms with van der Waals surface area (Å²) in [5, 5.41) is 13.3. The number of aliphatic hydroxyl groups excluding tert-OH is 1. The van der Waals surface area contributed by atoms with E-state index in [0.717, 1.165) is 31.3 Å². The Morgan fingerprint density at radius 3 is 2.60 bits per heavy atom. The van der Waals surface area contributed by atoms with E-state index in [-0.39, 0.29) is 29.7 Å². The van der Waals surface area contributed by atoms with Gasteiger partial charge < -0.3 is 19.9 Å². The van der Waals surface area contributed by atoms with Crippen LogP contribution in [0.3, 0.4) is 0 Å². The van der Waals surface area contributed by atoms with Crippen LogP contribution in [0.2, 0.25) is 0 Å². The van der Waals surface area contributed by atoms with Crippen LogP contribution in [0.25, 0.3) is 22.2 Å². The van der Waals surface area contributed by atoms with Crippen molar-refractivity contribution >= 4 is 28.6 Å². The first kappa shape index (κ1) is 29.1. The monoisotopic (exact) mass is 589 g/mol. The zero-order valence-corrected chi connectivity index (χ0v) is 24.9. The zero-order valence-electron chi connectivity index (χ0n) is 24.9. The quantitative estimate of drug-likeness (QED) is 0.301. The molecule has 2 N–H and O–H groups in total. The van der Waals surface area contributed by atoms with Crippen molar-refractivity contribution in [2.24, 2.45) is 5.92 Å². The second-order valence-corrected chi connectivity index (χ2v) is 12.1. The minimum Gasteiger partial charge on any atom is -0.392 e. The van der Waals surface area contributed by atoms with Gasteiger partial charge in [0.25, 0.3) is 5.91 Å². The number of β-amino-alcohol motifs (C(OH)–C–C–N with tert-alkyl or cyclic N) is 1. The summed E-state index contributed by atoms with van der Waals surface area (Å²) in [5.74, 6) is -0.280. The third-order valence-electron chi connectivity index (χ3n) is 8.62. The fourth-order valence-corrected chi connectivity index (χ4v) is 6.79. The number of nitrogens with one attached hydrogen (secondary N) is 1. The lowest BCUT2D eigenvalue weighted by molar-refractivity contribution is 0.0533. The molecule has 5 heterocycles. The minimum atomic E-state index is -0.669. The number of aromatic nitrogens is 4. The summed E-state index contributed by atoms with van der Waals surface area (Å²) in [6, 6.07) is 8.71. The number of anilines is 2. The van der Waals surface area contributed by atoms with Crippen molar-refractivity contribution in [2.45, 2.75) is 58.7 Å². The number of likely N-dealkylation sites (tertiary alicyclic amines) is 2. The Bertz CT molecular complexity index is 1650. The van der Waals surface area contributed by atoms with Crippen LogP contribution >= 0.6 is 0 Å². The highest BCUT2D eigenvalue weighted by molar-refractivity contribution is 5.94. The Labute approximate surface area is 249 Å². The van der Waals surface area contributed by atoms with E-state index in [1.165, 1.54) is 12.3 Å². The molecule has 2 fully saturated rings. The largest absolute Gasteiger partial charge is 0.392 e. The number of rotatable bonds is 7. The molecule has 4 aromatic rings. The van der Waals surface area contributed by atoms with E-state index in [4.69, 9.17) is 0 Å². The number of hydrogen-bond donors (Lipinski definition) is 2. The molecule has 0 bridgehead atoms. The van der Waals surface area contributed by atoms with Crippen LogP contribution < -0.4 is 5.32 Å². The highest BCUT2D eigenvalue weighted by Crippen LogP contribution is 2.33. The number of amides is 1. The van der Waals surface area contributed by atoms with Gasteiger partial charge in [-0.1, -0.05) is 0 Å². The van der Waals surface area contributed by atoms with Crippen molar-refractivity contribution in [3.8, 4) is 11.3 Å². The minimum absolute atomic E-state index is 0.0263. The number of piperidine rings is 1. The molecule has 11 heteroatoms. The number of carbonyl (C=O) groups is 1. The van der Waals surface area contributed by atoms with Crippen LogP contribution in [0.4, 0.5) is 20.5 Å². The van der Waals surface area contributed by atoms with Crippen molar-refractivity contribution in [2.75, 3.05) is 31.5 Å². The number of hydrogen-bond acceptors (Lipinski definition) is 7. The summed E-state index contributed by atoms with van der Waals surface area (Å²) in [4.78, 5) is 30.3. The Balaban J connectivity index is 1.16. The van der Waals surface area contributed by atoms with Crippen molar-refractivity contribution in [1.82, 2.24) is 29.3 Å².